The number of hydrogen-bond donors (Lipinski definition) is 0. The van der Waals surface area contributed by atoms with Crippen LogP contribution in [0.2, 0.25) is 0 Å². The Hall–Kier alpha value is -1.81. The fraction of sp³-hybridized carbons (Fsp3) is 0.333. The first-order chi connectivity index (χ1) is 10.8. The molecule has 4 rings (SSSR count). The molecule has 1 fully saturated rings. The van der Waals surface area contributed by atoms with E-state index in [4.69, 9.17) is 4.98 Å². The fourth-order valence-electron chi connectivity index (χ4n) is 3.10. The van der Waals surface area contributed by atoms with Gasteiger partial charge in [-0.05, 0) is 49.8 Å². The van der Waals surface area contributed by atoms with E-state index in [0.717, 1.165) is 22.6 Å². The summed E-state index contributed by atoms with van der Waals surface area (Å²) >= 11 is 2.04. The average molecular weight is 309 g/mol. The molecular formula is C18H19N3S. The highest BCUT2D eigenvalue weighted by Gasteiger charge is 2.23. The van der Waals surface area contributed by atoms with Gasteiger partial charge in [0, 0.05) is 23.6 Å². The Morgan fingerprint density at radius 1 is 1.18 bits per heavy atom. The number of aromatic nitrogens is 3. The van der Waals surface area contributed by atoms with Crippen molar-refractivity contribution in [3.05, 3.63) is 54.0 Å². The number of aryl methyl sites for hydroxylation is 1. The van der Waals surface area contributed by atoms with Crippen LogP contribution in [-0.4, -0.2) is 26.0 Å². The molecule has 112 valence electrons. The Labute approximate surface area is 134 Å². The van der Waals surface area contributed by atoms with Crippen LogP contribution in [0.25, 0.3) is 16.9 Å². The average Bonchev–Trinajstić information content (AvgIpc) is 2.96. The summed E-state index contributed by atoms with van der Waals surface area (Å²) in [5.74, 6) is 4.13. The van der Waals surface area contributed by atoms with Crippen LogP contribution in [0.1, 0.15) is 30.1 Å². The standard InChI is InChI=1S/C18H19N3S/c1-13-6-8-15(9-7-13)21-17(14-4-3-11-22-12-14)20-16-5-2-10-19-18(16)21/h2,5-10,14H,3-4,11-12H2,1H3. The maximum Gasteiger partial charge on any atom is 0.164 e. The Balaban J connectivity index is 1.91. The van der Waals surface area contributed by atoms with Gasteiger partial charge in [-0.2, -0.15) is 11.8 Å². The molecular weight excluding hydrogens is 290 g/mol. The van der Waals surface area contributed by atoms with Gasteiger partial charge in [-0.3, -0.25) is 4.57 Å². The molecule has 2 aromatic heterocycles. The monoisotopic (exact) mass is 309 g/mol. The summed E-state index contributed by atoms with van der Waals surface area (Å²) in [6.45, 7) is 2.12. The molecule has 1 aromatic carbocycles. The van der Waals surface area contributed by atoms with Crippen molar-refractivity contribution in [2.45, 2.75) is 25.7 Å². The molecule has 0 aliphatic carbocycles. The molecule has 4 heteroatoms. The zero-order chi connectivity index (χ0) is 14.9. The Morgan fingerprint density at radius 3 is 2.82 bits per heavy atom. The van der Waals surface area contributed by atoms with Gasteiger partial charge >= 0.3 is 0 Å². The van der Waals surface area contributed by atoms with Gasteiger partial charge in [0.05, 0.1) is 0 Å². The van der Waals surface area contributed by atoms with Crippen LogP contribution < -0.4 is 0 Å². The summed E-state index contributed by atoms with van der Waals surface area (Å²) in [5, 5.41) is 0. The lowest BCUT2D eigenvalue weighted by molar-refractivity contribution is 0.617. The molecule has 3 heterocycles. The molecule has 1 aliphatic heterocycles. The van der Waals surface area contributed by atoms with Gasteiger partial charge < -0.3 is 0 Å². The van der Waals surface area contributed by atoms with Crippen LogP contribution in [0.5, 0.6) is 0 Å². The summed E-state index contributed by atoms with van der Waals surface area (Å²) in [4.78, 5) is 9.51. The van der Waals surface area contributed by atoms with Crippen molar-refractivity contribution in [3.63, 3.8) is 0 Å². The molecule has 0 amide bonds. The lowest BCUT2D eigenvalue weighted by Gasteiger charge is -2.22. The molecule has 1 saturated heterocycles. The molecule has 3 aromatic rings. The number of imidazole rings is 1. The molecule has 0 saturated carbocycles. The number of thioether (sulfide) groups is 1. The normalized spacial score (nSPS) is 18.7. The van der Waals surface area contributed by atoms with E-state index in [1.807, 2.05) is 24.0 Å². The highest BCUT2D eigenvalue weighted by Crippen LogP contribution is 2.33. The van der Waals surface area contributed by atoms with E-state index in [2.05, 4.69) is 46.8 Å². The Kier molecular flexibility index (Phi) is 3.62. The first-order valence-corrected chi connectivity index (χ1v) is 8.96. The number of fused-ring (bicyclic) bond motifs is 1. The minimum atomic E-state index is 0.522. The van der Waals surface area contributed by atoms with Gasteiger partial charge in [0.1, 0.15) is 11.3 Å². The largest absolute Gasteiger partial charge is 0.280 e. The predicted molar refractivity (Wildman–Crippen MR) is 92.9 cm³/mol. The van der Waals surface area contributed by atoms with Crippen LogP contribution >= 0.6 is 11.8 Å². The topological polar surface area (TPSA) is 30.7 Å². The molecule has 0 bridgehead atoms. The number of rotatable bonds is 2. The molecule has 0 spiro atoms. The van der Waals surface area contributed by atoms with E-state index < -0.39 is 0 Å². The van der Waals surface area contributed by atoms with Gasteiger partial charge in [0.25, 0.3) is 0 Å². The van der Waals surface area contributed by atoms with E-state index >= 15 is 0 Å². The van der Waals surface area contributed by atoms with E-state index in [1.54, 1.807) is 0 Å². The number of hydrogen-bond acceptors (Lipinski definition) is 3. The second-order valence-electron chi connectivity index (χ2n) is 5.90. The summed E-state index contributed by atoms with van der Waals surface area (Å²) in [6, 6.07) is 12.7. The van der Waals surface area contributed by atoms with Crippen LogP contribution in [0.3, 0.4) is 0 Å². The van der Waals surface area contributed by atoms with Crippen LogP contribution in [0, 0.1) is 6.92 Å². The van der Waals surface area contributed by atoms with Crippen molar-refractivity contribution >= 4 is 22.9 Å². The van der Waals surface area contributed by atoms with Crippen molar-refractivity contribution in [1.29, 1.82) is 0 Å². The molecule has 3 nitrogen and oxygen atoms in total. The molecule has 1 unspecified atom stereocenters. The summed E-state index contributed by atoms with van der Waals surface area (Å²) < 4.78 is 2.26. The third kappa shape index (κ3) is 2.41. The number of benzene rings is 1. The van der Waals surface area contributed by atoms with E-state index in [1.165, 1.54) is 30.0 Å². The maximum absolute atomic E-state index is 4.92. The van der Waals surface area contributed by atoms with Crippen molar-refractivity contribution in [1.82, 2.24) is 14.5 Å². The van der Waals surface area contributed by atoms with Crippen LogP contribution in [-0.2, 0) is 0 Å². The van der Waals surface area contributed by atoms with Crippen molar-refractivity contribution in [3.8, 4) is 5.69 Å². The van der Waals surface area contributed by atoms with Crippen LogP contribution in [0.4, 0.5) is 0 Å². The maximum atomic E-state index is 4.92. The highest BCUT2D eigenvalue weighted by atomic mass is 32.2. The third-order valence-electron chi connectivity index (χ3n) is 4.26. The van der Waals surface area contributed by atoms with Gasteiger partial charge in [-0.25, -0.2) is 9.97 Å². The summed E-state index contributed by atoms with van der Waals surface area (Å²) in [6.07, 6.45) is 4.36. The summed E-state index contributed by atoms with van der Waals surface area (Å²) in [5.41, 5.74) is 4.40. The van der Waals surface area contributed by atoms with E-state index in [-0.39, 0.29) is 0 Å². The lowest BCUT2D eigenvalue weighted by atomic mass is 10.0. The highest BCUT2D eigenvalue weighted by molar-refractivity contribution is 7.99. The van der Waals surface area contributed by atoms with Crippen molar-refractivity contribution in [2.75, 3.05) is 11.5 Å². The van der Waals surface area contributed by atoms with E-state index in [0.29, 0.717) is 5.92 Å². The number of pyridine rings is 1. The third-order valence-corrected chi connectivity index (χ3v) is 5.48. The zero-order valence-corrected chi connectivity index (χ0v) is 13.5. The predicted octanol–water partition coefficient (Wildman–Crippen LogP) is 4.34. The van der Waals surface area contributed by atoms with Gasteiger partial charge in [-0.15, -0.1) is 0 Å². The fourth-order valence-corrected chi connectivity index (χ4v) is 4.23. The molecule has 22 heavy (non-hydrogen) atoms. The first kappa shape index (κ1) is 13.8. The Bertz CT molecular complexity index is 786. The number of nitrogens with zero attached hydrogens (tertiary/aromatic N) is 3. The molecule has 0 N–H and O–H groups in total. The van der Waals surface area contributed by atoms with Gasteiger partial charge in [0.15, 0.2) is 5.65 Å². The van der Waals surface area contributed by atoms with Gasteiger partial charge in [0.2, 0.25) is 0 Å². The van der Waals surface area contributed by atoms with Crippen LogP contribution in [0.15, 0.2) is 42.6 Å². The summed E-state index contributed by atoms with van der Waals surface area (Å²) in [7, 11) is 0. The van der Waals surface area contributed by atoms with Crippen molar-refractivity contribution < 1.29 is 0 Å². The molecule has 0 radical (unpaired) electrons. The quantitative estimate of drug-likeness (QED) is 0.705. The molecule has 1 aliphatic rings. The zero-order valence-electron chi connectivity index (χ0n) is 12.7. The first-order valence-electron chi connectivity index (χ1n) is 7.81. The van der Waals surface area contributed by atoms with E-state index in [9.17, 15) is 0 Å². The smallest absolute Gasteiger partial charge is 0.164 e. The minimum absolute atomic E-state index is 0.522. The second kappa shape index (κ2) is 5.76. The SMILES string of the molecule is Cc1ccc(-n2c(C3CCCSC3)nc3cccnc32)cc1. The Morgan fingerprint density at radius 2 is 2.05 bits per heavy atom. The van der Waals surface area contributed by atoms with Crippen molar-refractivity contribution in [2.24, 2.45) is 0 Å². The molecule has 1 atom stereocenters. The minimum Gasteiger partial charge on any atom is -0.280 e. The lowest BCUT2D eigenvalue weighted by Crippen LogP contribution is -2.14. The second-order valence-corrected chi connectivity index (χ2v) is 7.05. The van der Waals surface area contributed by atoms with Gasteiger partial charge in [-0.1, -0.05) is 17.7 Å².